The summed E-state index contributed by atoms with van der Waals surface area (Å²) in [5, 5.41) is 3.53. The van der Waals surface area contributed by atoms with Gasteiger partial charge in [0, 0.05) is 35.4 Å². The maximum atomic E-state index is 12.9. The largest absolute Gasteiger partial charge is 0.454 e. The van der Waals surface area contributed by atoms with E-state index in [1.807, 2.05) is 12.1 Å². The van der Waals surface area contributed by atoms with Gasteiger partial charge in [-0.15, -0.1) is 0 Å². The molecule has 0 fully saturated rings. The number of anilines is 1. The summed E-state index contributed by atoms with van der Waals surface area (Å²) in [7, 11) is 0. The summed E-state index contributed by atoms with van der Waals surface area (Å²) in [4.78, 5) is 33.8. The van der Waals surface area contributed by atoms with E-state index >= 15 is 0 Å². The lowest BCUT2D eigenvalue weighted by Gasteiger charge is -2.22. The molecule has 0 atom stereocenters. The zero-order valence-corrected chi connectivity index (χ0v) is 18.2. The van der Waals surface area contributed by atoms with Crippen LogP contribution in [0.5, 0.6) is 11.5 Å². The standard InChI is InChI=1S/C23H22N4O4S/c28-21(25-16-5-6-19-20(11-16)31-14-30-19)13-32-22-17-3-1-2-4-18(17)27(23(29)26-22)12-15-7-9-24-10-8-15/h5-11H,1-4,12-14H2,(H,25,28). The predicted octanol–water partition coefficient (Wildman–Crippen LogP) is 3.02. The van der Waals surface area contributed by atoms with Crippen molar-refractivity contribution in [2.75, 3.05) is 17.9 Å². The fourth-order valence-corrected chi connectivity index (χ4v) is 4.88. The first-order valence-electron chi connectivity index (χ1n) is 10.5. The van der Waals surface area contributed by atoms with E-state index in [0.717, 1.165) is 42.5 Å². The van der Waals surface area contributed by atoms with E-state index in [9.17, 15) is 9.59 Å². The van der Waals surface area contributed by atoms with Gasteiger partial charge in [-0.1, -0.05) is 11.8 Å². The molecule has 1 N–H and O–H groups in total. The number of carbonyl (C=O) groups excluding carboxylic acids is 1. The molecule has 0 bridgehead atoms. The summed E-state index contributed by atoms with van der Waals surface area (Å²) in [6.07, 6.45) is 7.26. The number of hydrogen-bond donors (Lipinski definition) is 1. The molecule has 0 saturated carbocycles. The lowest BCUT2D eigenvalue weighted by molar-refractivity contribution is -0.113. The number of hydrogen-bond acceptors (Lipinski definition) is 7. The highest BCUT2D eigenvalue weighted by Gasteiger charge is 2.21. The Hall–Kier alpha value is -3.33. The molecule has 164 valence electrons. The van der Waals surface area contributed by atoms with Gasteiger partial charge < -0.3 is 14.8 Å². The number of amides is 1. The van der Waals surface area contributed by atoms with E-state index < -0.39 is 0 Å². The van der Waals surface area contributed by atoms with Gasteiger partial charge in [0.15, 0.2) is 11.5 Å². The van der Waals surface area contributed by atoms with Crippen molar-refractivity contribution in [2.24, 2.45) is 0 Å². The van der Waals surface area contributed by atoms with Gasteiger partial charge in [0.25, 0.3) is 0 Å². The Bertz CT molecular complexity index is 1210. The number of ether oxygens (including phenoxy) is 2. The van der Waals surface area contributed by atoms with Gasteiger partial charge in [-0.3, -0.25) is 14.3 Å². The van der Waals surface area contributed by atoms with Gasteiger partial charge in [0.2, 0.25) is 12.7 Å². The molecule has 1 aliphatic heterocycles. The fourth-order valence-electron chi connectivity index (χ4n) is 4.01. The summed E-state index contributed by atoms with van der Waals surface area (Å²) in [5.74, 6) is 1.28. The highest BCUT2D eigenvalue weighted by Crippen LogP contribution is 2.34. The van der Waals surface area contributed by atoms with Crippen LogP contribution in [-0.2, 0) is 24.2 Å². The monoisotopic (exact) mass is 450 g/mol. The summed E-state index contributed by atoms with van der Waals surface area (Å²) in [6.45, 7) is 0.665. The summed E-state index contributed by atoms with van der Waals surface area (Å²) in [6, 6.07) is 9.10. The molecule has 3 aromatic rings. The van der Waals surface area contributed by atoms with Crippen molar-refractivity contribution in [3.8, 4) is 11.5 Å². The molecular weight excluding hydrogens is 428 g/mol. The highest BCUT2D eigenvalue weighted by atomic mass is 32.2. The van der Waals surface area contributed by atoms with Crippen LogP contribution in [0.3, 0.4) is 0 Å². The van der Waals surface area contributed by atoms with Crippen molar-refractivity contribution in [3.63, 3.8) is 0 Å². The number of benzene rings is 1. The molecule has 0 spiro atoms. The quantitative estimate of drug-likeness (QED) is 0.456. The molecule has 9 heteroatoms. The van der Waals surface area contributed by atoms with E-state index in [1.54, 1.807) is 35.2 Å². The number of carbonyl (C=O) groups is 1. The van der Waals surface area contributed by atoms with Crippen LogP contribution in [0.4, 0.5) is 5.69 Å². The number of rotatable bonds is 6. The third-order valence-corrected chi connectivity index (χ3v) is 6.55. The van der Waals surface area contributed by atoms with Crippen LogP contribution in [-0.4, -0.2) is 33.0 Å². The Morgan fingerprint density at radius 2 is 1.91 bits per heavy atom. The molecular formula is C23H22N4O4S. The fraction of sp³-hybridized carbons (Fsp3) is 0.304. The SMILES string of the molecule is O=C(CSc1nc(=O)n(Cc2ccncc2)c2c1CCCC2)Nc1ccc2c(c1)OCO2. The topological polar surface area (TPSA) is 95.3 Å². The smallest absolute Gasteiger partial charge is 0.349 e. The van der Waals surface area contributed by atoms with E-state index in [4.69, 9.17) is 9.47 Å². The Morgan fingerprint density at radius 3 is 2.78 bits per heavy atom. The molecule has 2 aromatic heterocycles. The third kappa shape index (κ3) is 4.34. The van der Waals surface area contributed by atoms with Crippen molar-refractivity contribution in [3.05, 3.63) is 70.0 Å². The second-order valence-electron chi connectivity index (χ2n) is 7.68. The summed E-state index contributed by atoms with van der Waals surface area (Å²) < 4.78 is 12.4. The van der Waals surface area contributed by atoms with Crippen molar-refractivity contribution in [1.82, 2.24) is 14.5 Å². The van der Waals surface area contributed by atoms with Crippen LogP contribution in [0.25, 0.3) is 0 Å². The zero-order valence-electron chi connectivity index (χ0n) is 17.4. The molecule has 32 heavy (non-hydrogen) atoms. The lowest BCUT2D eigenvalue weighted by atomic mass is 9.97. The van der Waals surface area contributed by atoms with Crippen LogP contribution in [0, 0.1) is 0 Å². The second kappa shape index (κ2) is 9.04. The molecule has 8 nitrogen and oxygen atoms in total. The lowest BCUT2D eigenvalue weighted by Crippen LogP contribution is -2.30. The number of nitrogens with one attached hydrogen (secondary N) is 1. The molecule has 0 radical (unpaired) electrons. The van der Waals surface area contributed by atoms with E-state index in [-0.39, 0.29) is 24.1 Å². The molecule has 0 unspecified atom stereocenters. The third-order valence-electron chi connectivity index (χ3n) is 5.54. The molecule has 5 rings (SSSR count). The van der Waals surface area contributed by atoms with Gasteiger partial charge in [0.1, 0.15) is 5.03 Å². The van der Waals surface area contributed by atoms with E-state index in [1.165, 1.54) is 11.8 Å². The minimum absolute atomic E-state index is 0.166. The van der Waals surface area contributed by atoms with Gasteiger partial charge in [-0.25, -0.2) is 4.79 Å². The Morgan fingerprint density at radius 1 is 1.09 bits per heavy atom. The summed E-state index contributed by atoms with van der Waals surface area (Å²) in [5.41, 5.74) is 3.50. The maximum Gasteiger partial charge on any atom is 0.349 e. The van der Waals surface area contributed by atoms with Crippen LogP contribution in [0.15, 0.2) is 52.5 Å². The molecule has 0 saturated heterocycles. The average molecular weight is 451 g/mol. The second-order valence-corrected chi connectivity index (χ2v) is 8.64. The first kappa shape index (κ1) is 20.6. The van der Waals surface area contributed by atoms with Crippen LogP contribution in [0.1, 0.15) is 29.7 Å². The van der Waals surface area contributed by atoms with Crippen molar-refractivity contribution >= 4 is 23.4 Å². The van der Waals surface area contributed by atoms with E-state index in [2.05, 4.69) is 15.3 Å². The normalized spacial score (nSPS) is 14.1. The molecule has 1 aromatic carbocycles. The predicted molar refractivity (Wildman–Crippen MR) is 120 cm³/mol. The van der Waals surface area contributed by atoms with Gasteiger partial charge in [-0.2, -0.15) is 4.98 Å². The van der Waals surface area contributed by atoms with Crippen LogP contribution >= 0.6 is 11.8 Å². The number of pyridine rings is 1. The average Bonchev–Trinajstić information content (AvgIpc) is 3.28. The van der Waals surface area contributed by atoms with E-state index in [0.29, 0.717) is 28.8 Å². The number of aromatic nitrogens is 3. The minimum Gasteiger partial charge on any atom is -0.454 e. The van der Waals surface area contributed by atoms with Crippen LogP contribution in [0.2, 0.25) is 0 Å². The Balaban J connectivity index is 1.32. The van der Waals surface area contributed by atoms with Crippen LogP contribution < -0.4 is 20.5 Å². The first-order valence-corrected chi connectivity index (χ1v) is 11.5. The van der Waals surface area contributed by atoms with Crippen molar-refractivity contribution in [2.45, 2.75) is 37.3 Å². The number of nitrogens with zero attached hydrogens (tertiary/aromatic N) is 3. The summed E-state index contributed by atoms with van der Waals surface area (Å²) >= 11 is 1.31. The van der Waals surface area contributed by atoms with Gasteiger partial charge in [-0.05, 0) is 55.5 Å². The highest BCUT2D eigenvalue weighted by molar-refractivity contribution is 8.00. The first-order chi connectivity index (χ1) is 15.7. The zero-order chi connectivity index (χ0) is 21.9. The van der Waals surface area contributed by atoms with Crippen molar-refractivity contribution < 1.29 is 14.3 Å². The maximum absolute atomic E-state index is 12.9. The number of fused-ring (bicyclic) bond motifs is 2. The Labute approximate surface area is 189 Å². The molecule has 1 aliphatic carbocycles. The number of thioether (sulfide) groups is 1. The Kier molecular flexibility index (Phi) is 5.81. The molecule has 1 amide bonds. The van der Waals surface area contributed by atoms with Gasteiger partial charge in [0.05, 0.1) is 12.3 Å². The van der Waals surface area contributed by atoms with Crippen molar-refractivity contribution in [1.29, 1.82) is 0 Å². The minimum atomic E-state index is -0.277. The molecule has 2 aliphatic rings. The molecule has 3 heterocycles. The van der Waals surface area contributed by atoms with Gasteiger partial charge >= 0.3 is 5.69 Å².